The third-order valence-electron chi connectivity index (χ3n) is 6.28. The molecule has 34 heavy (non-hydrogen) atoms. The Kier molecular flexibility index (Phi) is 6.05. The highest BCUT2D eigenvalue weighted by Gasteiger charge is 2.33. The third-order valence-corrected chi connectivity index (χ3v) is 6.28. The molecule has 182 valence electrons. The number of amides is 1. The summed E-state index contributed by atoms with van der Waals surface area (Å²) >= 11 is 0. The molecular formula is C24H27F3N4O3. The van der Waals surface area contributed by atoms with E-state index in [2.05, 4.69) is 10.1 Å². The summed E-state index contributed by atoms with van der Waals surface area (Å²) in [5, 5.41) is 26.1. The van der Waals surface area contributed by atoms with E-state index in [4.69, 9.17) is 0 Å². The number of piperidine rings is 1. The molecule has 0 spiro atoms. The predicted octanol–water partition coefficient (Wildman–Crippen LogP) is 4.76. The highest BCUT2D eigenvalue weighted by Crippen LogP contribution is 2.39. The molecule has 1 aromatic carbocycles. The van der Waals surface area contributed by atoms with Gasteiger partial charge in [0.25, 0.3) is 0 Å². The largest absolute Gasteiger partial charge is 0.507 e. The van der Waals surface area contributed by atoms with Gasteiger partial charge in [0.1, 0.15) is 5.75 Å². The maximum absolute atomic E-state index is 13.1. The van der Waals surface area contributed by atoms with Crippen molar-refractivity contribution in [3.8, 4) is 17.0 Å². The maximum atomic E-state index is 13.1. The number of pyridine rings is 1. The Labute approximate surface area is 194 Å². The lowest BCUT2D eigenvalue weighted by Crippen LogP contribution is -2.45. The summed E-state index contributed by atoms with van der Waals surface area (Å²) in [6.45, 7) is 7.45. The van der Waals surface area contributed by atoms with Crippen molar-refractivity contribution in [2.45, 2.75) is 64.9 Å². The number of halogens is 3. The molecule has 2 aromatic heterocycles. The van der Waals surface area contributed by atoms with Crippen molar-refractivity contribution in [2.75, 3.05) is 6.54 Å². The second-order valence-electron chi connectivity index (χ2n) is 9.09. The number of phenols is 1. The van der Waals surface area contributed by atoms with Gasteiger partial charge in [-0.05, 0) is 63.9 Å². The van der Waals surface area contributed by atoms with Gasteiger partial charge in [0.2, 0.25) is 5.91 Å². The number of phenolic OH excluding ortho intramolecular Hbond substituents is 1. The van der Waals surface area contributed by atoms with Crippen LogP contribution in [0.3, 0.4) is 0 Å². The van der Waals surface area contributed by atoms with Crippen LogP contribution in [0.15, 0.2) is 24.3 Å². The van der Waals surface area contributed by atoms with E-state index in [9.17, 15) is 28.2 Å². The first-order chi connectivity index (χ1) is 15.9. The molecule has 3 aromatic rings. The second-order valence-corrected chi connectivity index (χ2v) is 9.09. The average Bonchev–Trinajstić information content (AvgIpc) is 3.11. The predicted molar refractivity (Wildman–Crippen MR) is 120 cm³/mol. The van der Waals surface area contributed by atoms with E-state index in [-0.39, 0.29) is 34.8 Å². The van der Waals surface area contributed by atoms with E-state index >= 15 is 0 Å². The monoisotopic (exact) mass is 476 g/mol. The van der Waals surface area contributed by atoms with Crippen LogP contribution in [0.1, 0.15) is 62.6 Å². The van der Waals surface area contributed by atoms with Gasteiger partial charge in [-0.25, -0.2) is 4.98 Å². The molecule has 0 radical (unpaired) electrons. The molecule has 0 bridgehead atoms. The van der Waals surface area contributed by atoms with Gasteiger partial charge < -0.3 is 15.1 Å². The highest BCUT2D eigenvalue weighted by atomic mass is 19.4. The fraction of sp³-hybridized carbons (Fsp3) is 0.458. The summed E-state index contributed by atoms with van der Waals surface area (Å²) in [5.41, 5.74) is 0.630. The molecule has 0 saturated carbocycles. The number of aliphatic hydroxyl groups is 1. The SMILES string of the molecule is Cc1cc(C(F)(F)F)cc(O)c1-c1ccc2c(C(C)O)n(C3CCC(=O)N(C(C)C)C3)nc2n1. The quantitative estimate of drug-likeness (QED) is 0.567. The number of hydrogen-bond donors (Lipinski definition) is 2. The summed E-state index contributed by atoms with van der Waals surface area (Å²) in [7, 11) is 0. The Balaban J connectivity index is 1.80. The molecule has 1 fully saturated rings. The number of likely N-dealkylation sites (tertiary alicyclic amines) is 1. The number of aromatic nitrogens is 3. The highest BCUT2D eigenvalue weighted by molar-refractivity contribution is 5.83. The molecular weight excluding hydrogens is 449 g/mol. The number of aryl methyl sites for hydroxylation is 1. The van der Waals surface area contributed by atoms with E-state index < -0.39 is 23.6 Å². The average molecular weight is 476 g/mol. The number of carbonyl (C=O) groups excluding carboxylic acids is 1. The van der Waals surface area contributed by atoms with Gasteiger partial charge in [-0.2, -0.15) is 18.3 Å². The Morgan fingerprint density at radius 2 is 1.88 bits per heavy atom. The van der Waals surface area contributed by atoms with Crippen LogP contribution in [-0.2, 0) is 11.0 Å². The van der Waals surface area contributed by atoms with Crippen molar-refractivity contribution < 1.29 is 28.2 Å². The number of benzene rings is 1. The first-order valence-corrected chi connectivity index (χ1v) is 11.2. The van der Waals surface area contributed by atoms with Crippen LogP contribution in [-0.4, -0.2) is 48.4 Å². The van der Waals surface area contributed by atoms with E-state index in [1.807, 2.05) is 13.8 Å². The molecule has 1 aliphatic heterocycles. The van der Waals surface area contributed by atoms with Crippen LogP contribution in [0.2, 0.25) is 0 Å². The number of carbonyl (C=O) groups is 1. The Morgan fingerprint density at radius 1 is 1.18 bits per heavy atom. The third kappa shape index (κ3) is 4.22. The molecule has 2 N–H and O–H groups in total. The number of aliphatic hydroxyl groups excluding tert-OH is 1. The van der Waals surface area contributed by atoms with Crippen molar-refractivity contribution in [1.82, 2.24) is 19.7 Å². The number of rotatable bonds is 4. The smallest absolute Gasteiger partial charge is 0.416 e. The van der Waals surface area contributed by atoms with Gasteiger partial charge in [0, 0.05) is 30.0 Å². The minimum absolute atomic E-state index is 0.0330. The van der Waals surface area contributed by atoms with E-state index in [0.717, 1.165) is 6.07 Å². The van der Waals surface area contributed by atoms with Crippen molar-refractivity contribution in [2.24, 2.45) is 0 Å². The minimum Gasteiger partial charge on any atom is -0.507 e. The number of nitrogens with zero attached hydrogens (tertiary/aromatic N) is 4. The molecule has 3 heterocycles. The molecule has 2 atom stereocenters. The van der Waals surface area contributed by atoms with Crippen molar-refractivity contribution in [3.05, 3.63) is 41.1 Å². The molecule has 1 amide bonds. The maximum Gasteiger partial charge on any atom is 0.416 e. The number of fused-ring (bicyclic) bond motifs is 1. The molecule has 1 saturated heterocycles. The molecule has 10 heteroatoms. The fourth-order valence-corrected chi connectivity index (χ4v) is 4.66. The Morgan fingerprint density at radius 3 is 2.47 bits per heavy atom. The van der Waals surface area contributed by atoms with Gasteiger partial charge in [0.15, 0.2) is 5.65 Å². The first kappa shape index (κ1) is 24.0. The lowest BCUT2D eigenvalue weighted by atomic mass is 9.99. The zero-order valence-electron chi connectivity index (χ0n) is 19.4. The number of alkyl halides is 3. The van der Waals surface area contributed by atoms with Crippen LogP contribution in [0, 0.1) is 6.92 Å². The lowest BCUT2D eigenvalue weighted by molar-refractivity contribution is -0.138. The topological polar surface area (TPSA) is 91.5 Å². The molecule has 2 unspecified atom stereocenters. The van der Waals surface area contributed by atoms with Crippen LogP contribution in [0.5, 0.6) is 5.75 Å². The van der Waals surface area contributed by atoms with E-state index in [1.54, 1.807) is 28.6 Å². The van der Waals surface area contributed by atoms with Crippen molar-refractivity contribution in [1.29, 1.82) is 0 Å². The Hall–Kier alpha value is -3.14. The van der Waals surface area contributed by atoms with Gasteiger partial charge in [-0.1, -0.05) is 0 Å². The van der Waals surface area contributed by atoms with Gasteiger partial charge in [-0.15, -0.1) is 0 Å². The molecule has 4 rings (SSSR count). The van der Waals surface area contributed by atoms with Gasteiger partial charge in [-0.3, -0.25) is 9.48 Å². The first-order valence-electron chi connectivity index (χ1n) is 11.2. The standard InChI is InChI=1S/C24H27F3N4O3/c1-12(2)30-11-16(5-8-20(30)34)31-22(14(4)32)17-6-7-18(28-23(17)29-31)21-13(3)9-15(10-19(21)33)24(25,26)27/h6-7,9-10,12,14,16,32-33H,5,8,11H2,1-4H3. The zero-order valence-corrected chi connectivity index (χ0v) is 19.4. The molecule has 0 aliphatic carbocycles. The summed E-state index contributed by atoms with van der Waals surface area (Å²) in [6, 6.07) is 4.84. The number of aromatic hydroxyl groups is 1. The van der Waals surface area contributed by atoms with Crippen LogP contribution in [0.4, 0.5) is 13.2 Å². The summed E-state index contributed by atoms with van der Waals surface area (Å²) in [6.07, 6.45) is -4.49. The van der Waals surface area contributed by atoms with Crippen molar-refractivity contribution >= 4 is 16.9 Å². The normalized spacial score (nSPS) is 18.2. The Bertz CT molecular complexity index is 1230. The van der Waals surface area contributed by atoms with Crippen LogP contribution in [0.25, 0.3) is 22.3 Å². The fourth-order valence-electron chi connectivity index (χ4n) is 4.66. The summed E-state index contributed by atoms with van der Waals surface area (Å²) < 4.78 is 41.0. The number of hydrogen-bond acceptors (Lipinski definition) is 5. The zero-order chi connectivity index (χ0) is 24.9. The van der Waals surface area contributed by atoms with Crippen LogP contribution >= 0.6 is 0 Å². The summed E-state index contributed by atoms with van der Waals surface area (Å²) in [4.78, 5) is 18.6. The minimum atomic E-state index is -4.58. The molecule has 1 aliphatic rings. The summed E-state index contributed by atoms with van der Waals surface area (Å²) in [5.74, 6) is -0.442. The second kappa shape index (κ2) is 8.57. The van der Waals surface area contributed by atoms with E-state index in [0.29, 0.717) is 42.2 Å². The molecule has 7 nitrogen and oxygen atoms in total. The van der Waals surface area contributed by atoms with Crippen molar-refractivity contribution in [3.63, 3.8) is 0 Å². The lowest BCUT2D eigenvalue weighted by Gasteiger charge is -2.36. The van der Waals surface area contributed by atoms with Gasteiger partial charge in [0.05, 0.1) is 29.1 Å². The van der Waals surface area contributed by atoms with E-state index in [1.165, 1.54) is 6.92 Å². The van der Waals surface area contributed by atoms with Gasteiger partial charge >= 0.3 is 6.18 Å². The van der Waals surface area contributed by atoms with Crippen LogP contribution < -0.4 is 0 Å².